The van der Waals surface area contributed by atoms with Gasteiger partial charge < -0.3 is 29.7 Å². The zero-order valence-corrected chi connectivity index (χ0v) is 40.2. The molecule has 0 saturated carbocycles. The van der Waals surface area contributed by atoms with Crippen molar-refractivity contribution >= 4 is 90.8 Å². The average Bonchev–Trinajstić information content (AvgIpc) is 3.72. The first-order valence-corrected chi connectivity index (χ1v) is 26.0. The molecule has 9 rings (SSSR count). The second-order valence-corrected chi connectivity index (χ2v) is 21.8. The number of nitrogens with zero attached hydrogens (tertiary/aromatic N) is 8. The smallest absolute Gasteiger partial charge is 0.251 e. The van der Waals surface area contributed by atoms with Gasteiger partial charge >= 0.3 is 0 Å². The van der Waals surface area contributed by atoms with Crippen molar-refractivity contribution in [1.82, 2.24) is 39.8 Å². The topological polar surface area (TPSA) is 163 Å². The number of piperidine rings is 2. The highest BCUT2D eigenvalue weighted by molar-refractivity contribution is 9.10. The lowest BCUT2D eigenvalue weighted by molar-refractivity contribution is -0.135. The van der Waals surface area contributed by atoms with E-state index in [1.165, 1.54) is 16.8 Å². The van der Waals surface area contributed by atoms with Gasteiger partial charge in [0.2, 0.25) is 11.9 Å². The molecular weight excluding hydrogens is 905 g/mol. The highest BCUT2D eigenvalue weighted by atomic mass is 79.9. The number of aryl methyl sites for hydroxylation is 2. The number of piperazine rings is 1. The largest absolute Gasteiger partial charge is 0.494 e. The molecule has 0 aliphatic carbocycles. The molecule has 17 heteroatoms. The number of carbonyl (C=O) groups excluding carboxylic acids is 2. The first kappa shape index (κ1) is 44.8. The number of imide groups is 1. The number of carbonyl (C=O) groups is 2. The number of hydrogen-bond acceptors (Lipinski definition) is 13. The van der Waals surface area contributed by atoms with Crippen molar-refractivity contribution in [2.24, 2.45) is 0 Å². The van der Waals surface area contributed by atoms with Crippen molar-refractivity contribution in [3.8, 4) is 5.75 Å². The van der Waals surface area contributed by atoms with E-state index >= 15 is 0 Å². The number of aromatic nitrogens is 5. The molecule has 6 aromatic rings. The predicted octanol–water partition coefficient (Wildman–Crippen LogP) is 7.56. The Hall–Kier alpha value is -5.41. The molecule has 0 bridgehead atoms. The number of ether oxygens (including phenoxy) is 1. The van der Waals surface area contributed by atoms with Crippen LogP contribution in [0.15, 0.2) is 71.5 Å². The lowest BCUT2D eigenvalue weighted by Gasteiger charge is -2.43. The van der Waals surface area contributed by atoms with Gasteiger partial charge in [-0.15, -0.1) is 0 Å². The summed E-state index contributed by atoms with van der Waals surface area (Å²) >= 11 is 3.63. The van der Waals surface area contributed by atoms with Crippen LogP contribution in [-0.2, 0) is 27.0 Å². The summed E-state index contributed by atoms with van der Waals surface area (Å²) in [6, 6.07) is 18.6. The van der Waals surface area contributed by atoms with E-state index < -0.39 is 13.2 Å². The van der Waals surface area contributed by atoms with Gasteiger partial charge in [-0.25, -0.2) is 4.98 Å². The zero-order valence-electron chi connectivity index (χ0n) is 37.7. The quantitative estimate of drug-likeness (QED) is 0.0769. The average molecular weight is 963 g/mol. The van der Waals surface area contributed by atoms with Crippen LogP contribution in [0.2, 0.25) is 0 Å². The Bertz CT molecular complexity index is 2810. The number of benzene rings is 3. The highest BCUT2D eigenvalue weighted by Gasteiger charge is 2.31. The fraction of sp³-hybridized carbons (Fsp3) is 0.417. The van der Waals surface area contributed by atoms with E-state index in [2.05, 4.69) is 92.8 Å². The Morgan fingerprint density at radius 1 is 0.908 bits per heavy atom. The minimum absolute atomic E-state index is 0.218. The standard InChI is InChI=1S/C48H57BrN11O4P/c1-6-32-26-40(53-48-50-28-36(49)46(55-48)52-39-12-11-38-35(9-7-30(2)51-38)45(39)65(4,5)63)43(64-3)27-42(32)59-19-16-34(17-20-59)58-23-21-57(22-24-58)18-15-31-8-10-37-33(25-31)29-60(56-37)41-13-14-44(61)54-47(41)62/h7-12,25-29,34,41H,6,13-24H2,1-5H3,(H,54,61,62)(H2,50,52,53,55). The van der Waals surface area contributed by atoms with Crippen molar-refractivity contribution in [3.05, 3.63) is 88.3 Å². The third-order valence-corrected chi connectivity index (χ3v) is 15.2. The third-order valence-electron chi connectivity index (χ3n) is 13.1. The maximum absolute atomic E-state index is 13.7. The number of amides is 2. The van der Waals surface area contributed by atoms with Crippen molar-refractivity contribution in [1.29, 1.82) is 0 Å². The number of nitrogens with one attached hydrogen (secondary N) is 3. The number of rotatable bonds is 13. The molecule has 2 amide bonds. The first-order chi connectivity index (χ1) is 31.3. The number of hydrogen-bond donors (Lipinski definition) is 3. The van der Waals surface area contributed by atoms with Gasteiger partial charge in [-0.3, -0.25) is 29.5 Å². The molecule has 3 saturated heterocycles. The van der Waals surface area contributed by atoms with Crippen LogP contribution in [0.4, 0.5) is 28.8 Å². The Kier molecular flexibility index (Phi) is 13.0. The van der Waals surface area contributed by atoms with Crippen LogP contribution >= 0.6 is 23.1 Å². The maximum Gasteiger partial charge on any atom is 0.251 e. The van der Waals surface area contributed by atoms with E-state index in [-0.39, 0.29) is 11.8 Å². The van der Waals surface area contributed by atoms with Crippen molar-refractivity contribution in [3.63, 3.8) is 0 Å². The minimum atomic E-state index is -2.72. The van der Waals surface area contributed by atoms with Crippen LogP contribution in [0.1, 0.15) is 55.5 Å². The predicted molar refractivity (Wildman–Crippen MR) is 262 cm³/mol. The molecule has 3 aliphatic rings. The van der Waals surface area contributed by atoms with Gasteiger partial charge in [0.25, 0.3) is 5.91 Å². The van der Waals surface area contributed by atoms with Crippen LogP contribution in [0.5, 0.6) is 5.75 Å². The SMILES string of the molecule is CCc1cc(Nc2ncc(Br)c(Nc3ccc4nc(C)ccc4c3P(C)(C)=O)n2)c(OC)cc1N1CCC(N2CCN(CCc3ccc4nn(C5CCC(=O)NC5=O)cc4c3)CC2)CC1. The van der Waals surface area contributed by atoms with Crippen LogP contribution < -0.4 is 30.9 Å². The van der Waals surface area contributed by atoms with Crippen LogP contribution in [0.25, 0.3) is 21.8 Å². The Morgan fingerprint density at radius 3 is 2.43 bits per heavy atom. The van der Waals surface area contributed by atoms with Crippen molar-refractivity contribution in [2.75, 3.05) is 81.8 Å². The van der Waals surface area contributed by atoms with Crippen molar-refractivity contribution < 1.29 is 18.9 Å². The molecule has 6 heterocycles. The molecular formula is C48H57BrN11O4P. The summed E-state index contributed by atoms with van der Waals surface area (Å²) < 4.78 is 22.0. The molecule has 65 heavy (non-hydrogen) atoms. The van der Waals surface area contributed by atoms with Crippen LogP contribution in [0, 0.1) is 6.92 Å². The van der Waals surface area contributed by atoms with Crippen molar-refractivity contribution in [2.45, 2.75) is 64.5 Å². The number of pyridine rings is 1. The molecule has 3 fully saturated rings. The maximum atomic E-state index is 13.7. The second-order valence-electron chi connectivity index (χ2n) is 17.8. The van der Waals surface area contributed by atoms with Gasteiger partial charge in [-0.05, 0) is 116 Å². The summed E-state index contributed by atoms with van der Waals surface area (Å²) in [7, 11) is -1.03. The van der Waals surface area contributed by atoms with E-state index in [0.717, 1.165) is 116 Å². The van der Waals surface area contributed by atoms with Gasteiger partial charge in [-0.2, -0.15) is 10.1 Å². The molecule has 3 aliphatic heterocycles. The molecule has 1 unspecified atom stereocenters. The summed E-state index contributed by atoms with van der Waals surface area (Å²) in [6.07, 6.45) is 8.49. The summed E-state index contributed by atoms with van der Waals surface area (Å²) in [5.41, 5.74) is 7.77. The number of halogens is 1. The lowest BCUT2D eigenvalue weighted by Crippen LogP contribution is -2.53. The van der Waals surface area contributed by atoms with Gasteiger partial charge in [0.05, 0.1) is 34.0 Å². The highest BCUT2D eigenvalue weighted by Crippen LogP contribution is 2.42. The number of anilines is 5. The summed E-state index contributed by atoms with van der Waals surface area (Å²) in [5.74, 6) is 1.16. The molecule has 0 radical (unpaired) electrons. The fourth-order valence-electron chi connectivity index (χ4n) is 9.65. The van der Waals surface area contributed by atoms with E-state index in [4.69, 9.17) is 9.72 Å². The van der Waals surface area contributed by atoms with E-state index in [1.54, 1.807) is 31.3 Å². The molecule has 3 aromatic carbocycles. The van der Waals surface area contributed by atoms with Gasteiger partial charge in [-0.1, -0.05) is 19.1 Å². The molecule has 15 nitrogen and oxygen atoms in total. The molecule has 340 valence electrons. The summed E-state index contributed by atoms with van der Waals surface area (Å²) in [5, 5.41) is 16.6. The van der Waals surface area contributed by atoms with E-state index in [1.807, 2.05) is 43.5 Å². The molecule has 1 atom stereocenters. The fourth-order valence-corrected chi connectivity index (χ4v) is 11.4. The number of methoxy groups -OCH3 is 1. The van der Waals surface area contributed by atoms with Crippen LogP contribution in [-0.4, -0.2) is 119 Å². The van der Waals surface area contributed by atoms with E-state index in [9.17, 15) is 14.2 Å². The van der Waals surface area contributed by atoms with Gasteiger partial charge in [0.1, 0.15) is 24.8 Å². The monoisotopic (exact) mass is 961 g/mol. The molecule has 3 N–H and O–H groups in total. The Labute approximate surface area is 388 Å². The second kappa shape index (κ2) is 18.8. The first-order valence-electron chi connectivity index (χ1n) is 22.6. The van der Waals surface area contributed by atoms with Gasteiger partial charge in [0.15, 0.2) is 0 Å². The minimum Gasteiger partial charge on any atom is -0.494 e. The Balaban J connectivity index is 0.799. The summed E-state index contributed by atoms with van der Waals surface area (Å²) in [4.78, 5) is 45.9. The summed E-state index contributed by atoms with van der Waals surface area (Å²) in [6.45, 7) is 14.9. The van der Waals surface area contributed by atoms with Gasteiger partial charge in [0, 0.05) is 104 Å². The van der Waals surface area contributed by atoms with Crippen LogP contribution in [0.3, 0.4) is 0 Å². The zero-order chi connectivity index (χ0) is 45.4. The normalized spacial score (nSPS) is 18.1. The Morgan fingerprint density at radius 2 is 1.69 bits per heavy atom. The molecule has 0 spiro atoms. The van der Waals surface area contributed by atoms with E-state index in [0.29, 0.717) is 40.8 Å². The molecule has 3 aromatic heterocycles. The third kappa shape index (κ3) is 9.77. The number of fused-ring (bicyclic) bond motifs is 2. The lowest BCUT2D eigenvalue weighted by atomic mass is 9.99.